The topological polar surface area (TPSA) is 46.2 Å². The van der Waals surface area contributed by atoms with Gasteiger partial charge in [-0.1, -0.05) is 6.92 Å². The molecule has 0 saturated heterocycles. The van der Waals surface area contributed by atoms with E-state index in [9.17, 15) is 9.59 Å². The number of amides is 1. The molecule has 0 aliphatic carbocycles. The van der Waals surface area contributed by atoms with Gasteiger partial charge in [0.05, 0.1) is 0 Å². The molecule has 15 heavy (non-hydrogen) atoms. The fourth-order valence-corrected chi connectivity index (χ4v) is 1.49. The molecule has 3 nitrogen and oxygen atoms in total. The van der Waals surface area contributed by atoms with E-state index in [2.05, 4.69) is 5.32 Å². The van der Waals surface area contributed by atoms with E-state index in [1.54, 1.807) is 19.1 Å². The summed E-state index contributed by atoms with van der Waals surface area (Å²) in [6.07, 6.45) is 1.26. The molecule has 0 fully saturated rings. The third-order valence-corrected chi connectivity index (χ3v) is 2.28. The fraction of sp³-hybridized carbons (Fsp3) is 0.333. The molecule has 80 valence electrons. The van der Waals surface area contributed by atoms with E-state index in [4.69, 9.17) is 0 Å². The summed E-state index contributed by atoms with van der Waals surface area (Å²) in [5, 5.41) is 2.82. The number of hydrogen-bond acceptors (Lipinski definition) is 2. The van der Waals surface area contributed by atoms with Crippen LogP contribution in [0, 0.1) is 13.8 Å². The van der Waals surface area contributed by atoms with Gasteiger partial charge in [0.1, 0.15) is 6.29 Å². The molecule has 0 aromatic heterocycles. The van der Waals surface area contributed by atoms with Crippen molar-refractivity contribution in [2.75, 3.05) is 5.32 Å². The molecule has 1 rings (SSSR count). The monoisotopic (exact) mass is 205 g/mol. The quantitative estimate of drug-likeness (QED) is 0.770. The zero-order valence-electron chi connectivity index (χ0n) is 9.26. The van der Waals surface area contributed by atoms with Crippen molar-refractivity contribution in [3.8, 4) is 0 Å². The Morgan fingerprint density at radius 3 is 2.27 bits per heavy atom. The second-order valence-electron chi connectivity index (χ2n) is 3.55. The van der Waals surface area contributed by atoms with Crippen LogP contribution >= 0.6 is 0 Å². The second-order valence-corrected chi connectivity index (χ2v) is 3.55. The van der Waals surface area contributed by atoms with Crippen LogP contribution in [-0.2, 0) is 4.79 Å². The molecule has 1 aromatic carbocycles. The number of nitrogens with one attached hydrogen (secondary N) is 1. The summed E-state index contributed by atoms with van der Waals surface area (Å²) >= 11 is 0. The van der Waals surface area contributed by atoms with Crippen molar-refractivity contribution < 1.29 is 9.59 Å². The van der Waals surface area contributed by atoms with Crippen molar-refractivity contribution in [3.05, 3.63) is 28.8 Å². The Kier molecular flexibility index (Phi) is 3.61. The first kappa shape index (κ1) is 11.4. The van der Waals surface area contributed by atoms with Crippen molar-refractivity contribution in [1.82, 2.24) is 0 Å². The third kappa shape index (κ3) is 2.65. The van der Waals surface area contributed by atoms with Gasteiger partial charge in [-0.05, 0) is 37.1 Å². The van der Waals surface area contributed by atoms with Crippen LogP contribution in [0.2, 0.25) is 0 Å². The lowest BCUT2D eigenvalue weighted by molar-refractivity contribution is -0.115. The summed E-state index contributed by atoms with van der Waals surface area (Å²) in [6.45, 7) is 5.57. The van der Waals surface area contributed by atoms with E-state index in [-0.39, 0.29) is 5.91 Å². The number of rotatable bonds is 3. The molecule has 0 radical (unpaired) electrons. The molecule has 0 spiro atoms. The molecule has 0 aliphatic heterocycles. The van der Waals surface area contributed by atoms with Crippen molar-refractivity contribution in [2.24, 2.45) is 0 Å². The molecular formula is C12H15NO2. The van der Waals surface area contributed by atoms with Gasteiger partial charge in [0, 0.05) is 17.7 Å². The standard InChI is InChI=1S/C12H15NO2/c1-4-11(15)13-12-8(2)5-10(7-14)6-9(12)3/h5-7H,4H2,1-3H3,(H,13,15). The molecule has 1 amide bonds. The van der Waals surface area contributed by atoms with Gasteiger partial charge in [-0.15, -0.1) is 0 Å². The summed E-state index contributed by atoms with van der Waals surface area (Å²) in [4.78, 5) is 21.9. The minimum absolute atomic E-state index is 0.0138. The van der Waals surface area contributed by atoms with Gasteiger partial charge in [0.15, 0.2) is 0 Å². The first-order valence-corrected chi connectivity index (χ1v) is 4.94. The molecule has 0 bridgehead atoms. The number of aryl methyl sites for hydroxylation is 2. The van der Waals surface area contributed by atoms with E-state index >= 15 is 0 Å². The van der Waals surface area contributed by atoms with E-state index in [1.165, 1.54) is 0 Å². The van der Waals surface area contributed by atoms with Crippen molar-refractivity contribution in [1.29, 1.82) is 0 Å². The summed E-state index contributed by atoms with van der Waals surface area (Å²) in [7, 11) is 0. The van der Waals surface area contributed by atoms with Crippen LogP contribution in [0.5, 0.6) is 0 Å². The minimum atomic E-state index is -0.0138. The van der Waals surface area contributed by atoms with Gasteiger partial charge < -0.3 is 5.32 Å². The second kappa shape index (κ2) is 4.73. The van der Waals surface area contributed by atoms with Crippen molar-refractivity contribution >= 4 is 17.9 Å². The zero-order chi connectivity index (χ0) is 11.4. The van der Waals surface area contributed by atoms with Gasteiger partial charge in [-0.2, -0.15) is 0 Å². The lowest BCUT2D eigenvalue weighted by Crippen LogP contribution is -2.12. The van der Waals surface area contributed by atoms with Crippen molar-refractivity contribution in [2.45, 2.75) is 27.2 Å². The van der Waals surface area contributed by atoms with Crippen molar-refractivity contribution in [3.63, 3.8) is 0 Å². The average Bonchev–Trinajstić information content (AvgIpc) is 2.22. The number of aldehydes is 1. The van der Waals surface area contributed by atoms with Crippen LogP contribution < -0.4 is 5.32 Å². The molecule has 3 heteroatoms. The maximum Gasteiger partial charge on any atom is 0.224 e. The lowest BCUT2D eigenvalue weighted by Gasteiger charge is -2.11. The predicted molar refractivity (Wildman–Crippen MR) is 60.2 cm³/mol. The Balaban J connectivity index is 3.08. The van der Waals surface area contributed by atoms with Gasteiger partial charge in [0.25, 0.3) is 0 Å². The zero-order valence-corrected chi connectivity index (χ0v) is 9.26. The predicted octanol–water partition coefficient (Wildman–Crippen LogP) is 2.46. The number of benzene rings is 1. The Morgan fingerprint density at radius 2 is 1.87 bits per heavy atom. The number of carbonyl (C=O) groups is 2. The first-order chi connectivity index (χ1) is 7.08. The Bertz CT molecular complexity index is 374. The van der Waals surface area contributed by atoms with Gasteiger partial charge in [-0.3, -0.25) is 9.59 Å². The Morgan fingerprint density at radius 1 is 1.33 bits per heavy atom. The largest absolute Gasteiger partial charge is 0.326 e. The highest BCUT2D eigenvalue weighted by Gasteiger charge is 2.07. The Labute approximate surface area is 89.5 Å². The lowest BCUT2D eigenvalue weighted by atomic mass is 10.0. The van der Waals surface area contributed by atoms with Crippen LogP contribution in [0.1, 0.15) is 34.8 Å². The SMILES string of the molecule is CCC(=O)Nc1c(C)cc(C=O)cc1C. The maximum atomic E-state index is 11.3. The first-order valence-electron chi connectivity index (χ1n) is 4.94. The highest BCUT2D eigenvalue weighted by molar-refractivity contribution is 5.92. The summed E-state index contributed by atoms with van der Waals surface area (Å²) in [6, 6.07) is 3.54. The molecule has 1 N–H and O–H groups in total. The van der Waals surface area contributed by atoms with E-state index in [1.807, 2.05) is 13.8 Å². The highest BCUT2D eigenvalue weighted by Crippen LogP contribution is 2.21. The highest BCUT2D eigenvalue weighted by atomic mass is 16.1. The summed E-state index contributed by atoms with van der Waals surface area (Å²) in [5.74, 6) is -0.0138. The van der Waals surface area contributed by atoms with Crippen LogP contribution in [0.4, 0.5) is 5.69 Å². The number of hydrogen-bond donors (Lipinski definition) is 1. The van der Waals surface area contributed by atoms with E-state index in [0.29, 0.717) is 12.0 Å². The fourth-order valence-electron chi connectivity index (χ4n) is 1.49. The molecular weight excluding hydrogens is 190 g/mol. The minimum Gasteiger partial charge on any atom is -0.326 e. The average molecular weight is 205 g/mol. The maximum absolute atomic E-state index is 11.3. The van der Waals surface area contributed by atoms with Gasteiger partial charge in [0.2, 0.25) is 5.91 Å². The normalized spacial score (nSPS) is 9.80. The van der Waals surface area contributed by atoms with Crippen LogP contribution in [-0.4, -0.2) is 12.2 Å². The van der Waals surface area contributed by atoms with Gasteiger partial charge in [-0.25, -0.2) is 0 Å². The van der Waals surface area contributed by atoms with Crippen LogP contribution in [0.3, 0.4) is 0 Å². The number of carbonyl (C=O) groups excluding carboxylic acids is 2. The molecule has 0 saturated carbocycles. The smallest absolute Gasteiger partial charge is 0.224 e. The molecule has 0 heterocycles. The van der Waals surface area contributed by atoms with Crippen LogP contribution in [0.25, 0.3) is 0 Å². The third-order valence-electron chi connectivity index (χ3n) is 2.28. The molecule has 0 unspecified atom stereocenters. The molecule has 1 aromatic rings. The van der Waals surface area contributed by atoms with E-state index < -0.39 is 0 Å². The van der Waals surface area contributed by atoms with Crippen LogP contribution in [0.15, 0.2) is 12.1 Å². The summed E-state index contributed by atoms with van der Waals surface area (Å²) in [5.41, 5.74) is 3.28. The van der Waals surface area contributed by atoms with E-state index in [0.717, 1.165) is 23.1 Å². The summed E-state index contributed by atoms with van der Waals surface area (Å²) < 4.78 is 0. The molecule has 0 aliphatic rings. The number of anilines is 1. The molecule has 0 atom stereocenters. The van der Waals surface area contributed by atoms with Gasteiger partial charge >= 0.3 is 0 Å². The Hall–Kier alpha value is -1.64.